The molecule has 10 heteroatoms. The number of hydrogen-bond donors (Lipinski definition) is 0. The molecule has 3 saturated heterocycles. The fourth-order valence-corrected chi connectivity index (χ4v) is 6.09. The molecule has 182 valence electrons. The van der Waals surface area contributed by atoms with Crippen LogP contribution in [-0.4, -0.2) is 76.6 Å². The number of ether oxygens (including phenoxy) is 1. The molecule has 4 heterocycles. The molecule has 1 atom stereocenters. The van der Waals surface area contributed by atoms with Crippen LogP contribution in [0.15, 0.2) is 9.70 Å². The van der Waals surface area contributed by atoms with E-state index >= 15 is 0 Å². The molecule has 0 saturated carbocycles. The van der Waals surface area contributed by atoms with Gasteiger partial charge in [0, 0.05) is 44.9 Å². The highest BCUT2D eigenvalue weighted by atomic mass is 32.2. The Balaban J connectivity index is 1.76. The molecule has 0 bridgehead atoms. The van der Waals surface area contributed by atoms with Gasteiger partial charge in [0.15, 0.2) is 0 Å². The number of amides is 1. The Morgan fingerprint density at radius 1 is 1.21 bits per heavy atom. The van der Waals surface area contributed by atoms with E-state index in [1.165, 1.54) is 11.8 Å². The monoisotopic (exact) mass is 501 g/mol. The van der Waals surface area contributed by atoms with Gasteiger partial charge in [-0.2, -0.15) is 5.26 Å². The SMILES string of the molecule is CCN1CCN(c2c(/C=C3\SC(=S)N(CC4CCCO4)C3=O)c(C)c(C#N)c(=O)n2CC)CC1. The average molecular weight is 502 g/mol. The Bertz CT molecular complexity index is 1110. The summed E-state index contributed by atoms with van der Waals surface area (Å²) in [6.07, 6.45) is 3.77. The lowest BCUT2D eigenvalue weighted by atomic mass is 10.0. The maximum Gasteiger partial charge on any atom is 0.270 e. The number of carbonyl (C=O) groups excluding carboxylic acids is 1. The molecular weight excluding hydrogens is 470 g/mol. The highest BCUT2D eigenvalue weighted by molar-refractivity contribution is 8.26. The third-order valence-corrected chi connectivity index (χ3v) is 8.22. The van der Waals surface area contributed by atoms with E-state index in [0.717, 1.165) is 63.6 Å². The van der Waals surface area contributed by atoms with E-state index in [-0.39, 0.29) is 23.1 Å². The zero-order valence-electron chi connectivity index (χ0n) is 20.0. The summed E-state index contributed by atoms with van der Waals surface area (Å²) in [4.78, 5) is 33.2. The van der Waals surface area contributed by atoms with Crippen molar-refractivity contribution in [2.45, 2.75) is 46.3 Å². The zero-order valence-corrected chi connectivity index (χ0v) is 21.6. The normalized spacial score (nSPS) is 22.8. The van der Waals surface area contributed by atoms with Crippen molar-refractivity contribution < 1.29 is 9.53 Å². The fraction of sp³-hybridized carbons (Fsp3) is 0.583. The van der Waals surface area contributed by atoms with Crippen molar-refractivity contribution in [1.82, 2.24) is 14.4 Å². The second-order valence-electron chi connectivity index (χ2n) is 8.75. The van der Waals surface area contributed by atoms with E-state index in [1.54, 1.807) is 16.4 Å². The molecule has 0 radical (unpaired) electrons. The predicted octanol–water partition coefficient (Wildman–Crippen LogP) is 2.57. The van der Waals surface area contributed by atoms with Gasteiger partial charge in [-0.05, 0) is 44.9 Å². The van der Waals surface area contributed by atoms with Gasteiger partial charge in [-0.15, -0.1) is 0 Å². The maximum atomic E-state index is 13.3. The number of piperazine rings is 1. The first-order chi connectivity index (χ1) is 16.4. The van der Waals surface area contributed by atoms with Crippen LogP contribution < -0.4 is 10.5 Å². The summed E-state index contributed by atoms with van der Waals surface area (Å²) in [6, 6.07) is 2.09. The molecule has 0 aromatic carbocycles. The maximum absolute atomic E-state index is 13.3. The van der Waals surface area contributed by atoms with Gasteiger partial charge in [0.05, 0.1) is 17.6 Å². The van der Waals surface area contributed by atoms with Crippen LogP contribution in [0.4, 0.5) is 5.82 Å². The largest absolute Gasteiger partial charge is 0.376 e. The summed E-state index contributed by atoms with van der Waals surface area (Å²) in [5.74, 6) is 0.642. The number of rotatable bonds is 6. The molecular formula is C24H31N5O3S2. The van der Waals surface area contributed by atoms with Gasteiger partial charge in [0.2, 0.25) is 0 Å². The number of pyridine rings is 1. The first-order valence-corrected chi connectivity index (χ1v) is 13.1. The molecule has 1 aromatic rings. The molecule has 0 spiro atoms. The molecule has 1 amide bonds. The number of nitriles is 1. The van der Waals surface area contributed by atoms with Crippen molar-refractivity contribution in [1.29, 1.82) is 5.26 Å². The molecule has 0 N–H and O–H groups in total. The van der Waals surface area contributed by atoms with Gasteiger partial charge >= 0.3 is 0 Å². The summed E-state index contributed by atoms with van der Waals surface area (Å²) in [7, 11) is 0. The molecule has 3 aliphatic heterocycles. The minimum absolute atomic E-state index is 0.0150. The minimum Gasteiger partial charge on any atom is -0.376 e. The summed E-state index contributed by atoms with van der Waals surface area (Å²) in [6.45, 7) is 11.8. The third-order valence-electron chi connectivity index (χ3n) is 6.84. The quantitative estimate of drug-likeness (QED) is 0.435. The van der Waals surface area contributed by atoms with Gasteiger partial charge in [-0.1, -0.05) is 30.9 Å². The Morgan fingerprint density at radius 3 is 2.53 bits per heavy atom. The van der Waals surface area contributed by atoms with E-state index in [0.29, 0.717) is 27.9 Å². The van der Waals surface area contributed by atoms with Crippen LogP contribution in [0, 0.1) is 18.3 Å². The van der Waals surface area contributed by atoms with Crippen molar-refractivity contribution in [2.75, 3.05) is 50.8 Å². The standard InChI is InChI=1S/C24H31N5O3S2/c1-4-26-8-10-27(11-9-26)21-18(16(3)19(14-25)22(30)28(21)5-2)13-20-23(31)29(24(33)34-20)15-17-7-6-12-32-17/h13,17H,4-12,15H2,1-3H3/b20-13-. The topological polar surface area (TPSA) is 81.8 Å². The van der Waals surface area contributed by atoms with Gasteiger partial charge in [-0.25, -0.2) is 0 Å². The van der Waals surface area contributed by atoms with Crippen molar-refractivity contribution in [3.05, 3.63) is 31.9 Å². The number of likely N-dealkylation sites (N-methyl/N-ethyl adjacent to an activating group) is 1. The Labute approximate surface area is 210 Å². The third kappa shape index (κ3) is 4.67. The second kappa shape index (κ2) is 10.6. The van der Waals surface area contributed by atoms with Crippen LogP contribution in [0.5, 0.6) is 0 Å². The van der Waals surface area contributed by atoms with E-state index in [9.17, 15) is 14.9 Å². The van der Waals surface area contributed by atoms with Crippen molar-refractivity contribution in [3.63, 3.8) is 0 Å². The highest BCUT2D eigenvalue weighted by Crippen LogP contribution is 2.36. The summed E-state index contributed by atoms with van der Waals surface area (Å²) in [5, 5.41) is 9.75. The second-order valence-corrected chi connectivity index (χ2v) is 10.4. The van der Waals surface area contributed by atoms with Crippen LogP contribution >= 0.6 is 24.0 Å². The smallest absolute Gasteiger partial charge is 0.270 e. The molecule has 8 nitrogen and oxygen atoms in total. The number of carbonyl (C=O) groups is 1. The summed E-state index contributed by atoms with van der Waals surface area (Å²) in [5.41, 5.74) is 1.20. The average Bonchev–Trinajstić information content (AvgIpc) is 3.45. The van der Waals surface area contributed by atoms with Crippen LogP contribution in [0.1, 0.15) is 43.4 Å². The predicted molar refractivity (Wildman–Crippen MR) is 139 cm³/mol. The lowest BCUT2D eigenvalue weighted by Crippen LogP contribution is -2.48. The van der Waals surface area contributed by atoms with Gasteiger partial charge < -0.3 is 14.5 Å². The van der Waals surface area contributed by atoms with E-state index < -0.39 is 0 Å². The lowest BCUT2D eigenvalue weighted by molar-refractivity contribution is -0.123. The zero-order chi connectivity index (χ0) is 24.4. The van der Waals surface area contributed by atoms with Crippen LogP contribution in [-0.2, 0) is 16.1 Å². The van der Waals surface area contributed by atoms with E-state index in [1.807, 2.05) is 13.0 Å². The first-order valence-electron chi connectivity index (χ1n) is 11.9. The highest BCUT2D eigenvalue weighted by Gasteiger charge is 2.35. The molecule has 3 fully saturated rings. The minimum atomic E-state index is -0.279. The number of hydrogen-bond acceptors (Lipinski definition) is 8. The molecule has 0 aliphatic carbocycles. The van der Waals surface area contributed by atoms with Gasteiger partial charge in [0.25, 0.3) is 11.5 Å². The van der Waals surface area contributed by atoms with Crippen molar-refractivity contribution in [3.8, 4) is 6.07 Å². The number of thiocarbonyl (C=S) groups is 1. The summed E-state index contributed by atoms with van der Waals surface area (Å²) < 4.78 is 7.90. The Hall–Kier alpha value is -2.19. The molecule has 34 heavy (non-hydrogen) atoms. The number of nitrogens with zero attached hydrogens (tertiary/aromatic N) is 5. The summed E-state index contributed by atoms with van der Waals surface area (Å²) >= 11 is 6.80. The van der Waals surface area contributed by atoms with Gasteiger partial charge in [0.1, 0.15) is 21.8 Å². The number of anilines is 1. The molecule has 1 unspecified atom stereocenters. The van der Waals surface area contributed by atoms with E-state index in [4.69, 9.17) is 17.0 Å². The number of aromatic nitrogens is 1. The van der Waals surface area contributed by atoms with Crippen LogP contribution in [0.2, 0.25) is 0 Å². The molecule has 1 aromatic heterocycles. The first kappa shape index (κ1) is 24.9. The Morgan fingerprint density at radius 2 is 1.94 bits per heavy atom. The van der Waals surface area contributed by atoms with Crippen molar-refractivity contribution >= 4 is 46.1 Å². The Kier molecular flexibility index (Phi) is 7.77. The van der Waals surface area contributed by atoms with Crippen LogP contribution in [0.25, 0.3) is 6.08 Å². The van der Waals surface area contributed by atoms with Crippen molar-refractivity contribution in [2.24, 2.45) is 0 Å². The molecule has 3 aliphatic rings. The van der Waals surface area contributed by atoms with Crippen LogP contribution in [0.3, 0.4) is 0 Å². The fourth-order valence-electron chi connectivity index (χ4n) is 4.83. The van der Waals surface area contributed by atoms with E-state index in [2.05, 4.69) is 22.8 Å². The molecule has 4 rings (SSSR count). The lowest BCUT2D eigenvalue weighted by Gasteiger charge is -2.37. The number of thioether (sulfide) groups is 1. The van der Waals surface area contributed by atoms with Gasteiger partial charge in [-0.3, -0.25) is 19.1 Å².